The van der Waals surface area contributed by atoms with E-state index in [0.29, 0.717) is 0 Å². The molecule has 1 unspecified atom stereocenters. The second-order valence-corrected chi connectivity index (χ2v) is 6.40. The summed E-state index contributed by atoms with van der Waals surface area (Å²) < 4.78 is 0. The van der Waals surface area contributed by atoms with Crippen molar-refractivity contribution < 1.29 is 4.79 Å². The van der Waals surface area contributed by atoms with Crippen LogP contribution in [0, 0.1) is 13.8 Å². The lowest BCUT2D eigenvalue weighted by Crippen LogP contribution is -2.35. The van der Waals surface area contributed by atoms with Crippen LogP contribution in [-0.4, -0.2) is 32.3 Å². The highest BCUT2D eigenvalue weighted by molar-refractivity contribution is 5.86. The number of carbonyl (C=O) groups is 1. The molecule has 5 nitrogen and oxygen atoms in total. The Morgan fingerprint density at radius 1 is 1.12 bits per heavy atom. The number of benzene rings is 2. The predicted molar refractivity (Wildman–Crippen MR) is 106 cm³/mol. The summed E-state index contributed by atoms with van der Waals surface area (Å²) in [6.07, 6.45) is 1.64. The lowest BCUT2D eigenvalue weighted by molar-refractivity contribution is -0.121. The van der Waals surface area contributed by atoms with Crippen LogP contribution in [0.25, 0.3) is 0 Å². The fraction of sp³-hybridized carbons (Fsp3) is 0.300. The van der Waals surface area contributed by atoms with Crippen molar-refractivity contribution in [3.05, 3.63) is 59.2 Å². The van der Waals surface area contributed by atoms with E-state index in [1.165, 1.54) is 5.56 Å². The molecule has 2 N–H and O–H groups in total. The Morgan fingerprint density at radius 2 is 1.80 bits per heavy atom. The summed E-state index contributed by atoms with van der Waals surface area (Å²) in [6, 6.07) is 13.7. The second kappa shape index (κ2) is 8.33. The summed E-state index contributed by atoms with van der Waals surface area (Å²) in [7, 11) is 3.99. The molecule has 0 aliphatic heterocycles. The van der Waals surface area contributed by atoms with Gasteiger partial charge in [0.05, 0.1) is 6.21 Å². The topological polar surface area (TPSA) is 56.7 Å². The molecule has 132 valence electrons. The first-order valence-corrected chi connectivity index (χ1v) is 8.31. The van der Waals surface area contributed by atoms with E-state index in [4.69, 9.17) is 0 Å². The highest BCUT2D eigenvalue weighted by atomic mass is 16.2. The third-order valence-electron chi connectivity index (χ3n) is 3.95. The standard InChI is InChI=1S/C20H26N4O/c1-14-6-11-19(15(2)12-14)22-16(3)20(25)23-21-13-17-7-9-18(10-8-17)24(4)5/h6-13,16,22H,1-5H3,(H,23,25)/b21-13+. The van der Waals surface area contributed by atoms with Gasteiger partial charge < -0.3 is 10.2 Å². The van der Waals surface area contributed by atoms with Crippen molar-refractivity contribution >= 4 is 23.5 Å². The van der Waals surface area contributed by atoms with E-state index in [1.54, 1.807) is 6.21 Å². The normalized spacial score (nSPS) is 12.0. The van der Waals surface area contributed by atoms with Crippen molar-refractivity contribution in [3.8, 4) is 0 Å². The number of rotatable bonds is 6. The summed E-state index contributed by atoms with van der Waals surface area (Å²) in [5.74, 6) is -0.180. The van der Waals surface area contributed by atoms with Crippen LogP contribution >= 0.6 is 0 Å². The van der Waals surface area contributed by atoms with Gasteiger partial charge in [0, 0.05) is 25.5 Å². The first-order chi connectivity index (χ1) is 11.9. The highest BCUT2D eigenvalue weighted by Crippen LogP contribution is 2.17. The maximum absolute atomic E-state index is 12.2. The van der Waals surface area contributed by atoms with Crippen LogP contribution < -0.4 is 15.6 Å². The SMILES string of the molecule is Cc1ccc(NC(C)C(=O)N/N=C/c2ccc(N(C)C)cc2)c(C)c1. The minimum Gasteiger partial charge on any atom is -0.378 e. The molecule has 0 aromatic heterocycles. The largest absolute Gasteiger partial charge is 0.378 e. The lowest BCUT2D eigenvalue weighted by atomic mass is 10.1. The Balaban J connectivity index is 1.90. The fourth-order valence-corrected chi connectivity index (χ4v) is 2.40. The van der Waals surface area contributed by atoms with Crippen molar-refractivity contribution in [2.45, 2.75) is 26.8 Å². The number of hydrazone groups is 1. The van der Waals surface area contributed by atoms with Crippen LogP contribution in [0.5, 0.6) is 0 Å². The molecule has 2 aromatic carbocycles. The summed E-state index contributed by atoms with van der Waals surface area (Å²) in [5.41, 5.74) is 7.90. The average Bonchev–Trinajstić information content (AvgIpc) is 2.57. The van der Waals surface area contributed by atoms with E-state index in [9.17, 15) is 4.79 Å². The van der Waals surface area contributed by atoms with Gasteiger partial charge in [-0.1, -0.05) is 29.8 Å². The minimum absolute atomic E-state index is 0.180. The lowest BCUT2D eigenvalue weighted by Gasteiger charge is -2.15. The maximum atomic E-state index is 12.2. The summed E-state index contributed by atoms with van der Waals surface area (Å²) in [6.45, 7) is 5.89. The number of nitrogens with zero attached hydrogens (tertiary/aromatic N) is 2. The van der Waals surface area contributed by atoms with Crippen LogP contribution in [0.15, 0.2) is 47.6 Å². The van der Waals surface area contributed by atoms with Crippen molar-refractivity contribution in [2.75, 3.05) is 24.3 Å². The number of amides is 1. The molecule has 1 amide bonds. The molecule has 0 spiro atoms. The molecule has 0 saturated heterocycles. The molecule has 2 aromatic rings. The molecule has 0 heterocycles. The molecular formula is C20H26N4O. The summed E-state index contributed by atoms with van der Waals surface area (Å²) in [4.78, 5) is 14.2. The van der Waals surface area contributed by atoms with Crippen LogP contribution in [-0.2, 0) is 4.79 Å². The zero-order chi connectivity index (χ0) is 18.4. The zero-order valence-electron chi connectivity index (χ0n) is 15.5. The zero-order valence-corrected chi connectivity index (χ0v) is 15.5. The Hall–Kier alpha value is -2.82. The first-order valence-electron chi connectivity index (χ1n) is 8.31. The van der Waals surface area contributed by atoms with Gasteiger partial charge in [-0.2, -0.15) is 5.10 Å². The highest BCUT2D eigenvalue weighted by Gasteiger charge is 2.12. The molecule has 25 heavy (non-hydrogen) atoms. The Bertz CT molecular complexity index is 751. The van der Waals surface area contributed by atoms with Crippen molar-refractivity contribution in [1.29, 1.82) is 0 Å². The van der Waals surface area contributed by atoms with E-state index in [-0.39, 0.29) is 11.9 Å². The van der Waals surface area contributed by atoms with Crippen LogP contribution in [0.4, 0.5) is 11.4 Å². The number of hydrogen-bond acceptors (Lipinski definition) is 4. The van der Waals surface area contributed by atoms with Crippen molar-refractivity contribution in [2.24, 2.45) is 5.10 Å². The van der Waals surface area contributed by atoms with Gasteiger partial charge in [-0.25, -0.2) is 5.43 Å². The number of anilines is 2. The maximum Gasteiger partial charge on any atom is 0.262 e. The molecular weight excluding hydrogens is 312 g/mol. The molecule has 1 atom stereocenters. The number of nitrogens with one attached hydrogen (secondary N) is 2. The molecule has 0 aliphatic carbocycles. The van der Waals surface area contributed by atoms with Gasteiger partial charge >= 0.3 is 0 Å². The van der Waals surface area contributed by atoms with Gasteiger partial charge in [-0.15, -0.1) is 0 Å². The molecule has 5 heteroatoms. The Labute approximate surface area is 149 Å². The molecule has 2 rings (SSSR count). The summed E-state index contributed by atoms with van der Waals surface area (Å²) in [5, 5.41) is 7.25. The van der Waals surface area contributed by atoms with Crippen LogP contribution in [0.1, 0.15) is 23.6 Å². The van der Waals surface area contributed by atoms with Gasteiger partial charge in [0.25, 0.3) is 5.91 Å². The minimum atomic E-state index is -0.380. The van der Waals surface area contributed by atoms with E-state index < -0.39 is 0 Å². The third kappa shape index (κ3) is 5.35. The monoisotopic (exact) mass is 338 g/mol. The van der Waals surface area contributed by atoms with Crippen molar-refractivity contribution in [3.63, 3.8) is 0 Å². The molecule has 0 aliphatic rings. The second-order valence-electron chi connectivity index (χ2n) is 6.40. The van der Waals surface area contributed by atoms with Crippen LogP contribution in [0.3, 0.4) is 0 Å². The van der Waals surface area contributed by atoms with E-state index in [0.717, 1.165) is 22.5 Å². The van der Waals surface area contributed by atoms with Crippen molar-refractivity contribution in [1.82, 2.24) is 5.43 Å². The summed E-state index contributed by atoms with van der Waals surface area (Å²) >= 11 is 0. The number of aryl methyl sites for hydroxylation is 2. The third-order valence-corrected chi connectivity index (χ3v) is 3.95. The average molecular weight is 338 g/mol. The number of hydrogen-bond donors (Lipinski definition) is 2. The van der Waals surface area contributed by atoms with E-state index in [1.807, 2.05) is 76.2 Å². The van der Waals surface area contributed by atoms with E-state index in [2.05, 4.69) is 21.9 Å². The van der Waals surface area contributed by atoms with Gasteiger partial charge in [-0.05, 0) is 50.1 Å². The molecule has 0 bridgehead atoms. The molecule has 0 radical (unpaired) electrons. The molecule has 0 fully saturated rings. The van der Waals surface area contributed by atoms with Gasteiger partial charge in [0.15, 0.2) is 0 Å². The van der Waals surface area contributed by atoms with Crippen LogP contribution in [0.2, 0.25) is 0 Å². The fourth-order valence-electron chi connectivity index (χ4n) is 2.40. The number of carbonyl (C=O) groups excluding carboxylic acids is 1. The Kier molecular flexibility index (Phi) is 6.17. The van der Waals surface area contributed by atoms with Gasteiger partial charge in [0.2, 0.25) is 0 Å². The predicted octanol–water partition coefficient (Wildman–Crippen LogP) is 3.32. The first kappa shape index (κ1) is 18.5. The van der Waals surface area contributed by atoms with E-state index >= 15 is 0 Å². The molecule has 0 saturated carbocycles. The smallest absolute Gasteiger partial charge is 0.262 e. The van der Waals surface area contributed by atoms with Gasteiger partial charge in [-0.3, -0.25) is 4.79 Å². The Morgan fingerprint density at radius 3 is 2.40 bits per heavy atom. The quantitative estimate of drug-likeness (QED) is 0.627. The van der Waals surface area contributed by atoms with Gasteiger partial charge in [0.1, 0.15) is 6.04 Å².